The number of carbonyl (C=O) groups is 2. The molecule has 0 aliphatic rings. The first-order valence-corrected chi connectivity index (χ1v) is 10.3. The first-order valence-electron chi connectivity index (χ1n) is 9.38. The molecule has 3 heterocycles. The number of nitrogens with one attached hydrogen (secondary N) is 2. The third-order valence-electron chi connectivity index (χ3n) is 4.26. The molecule has 8 nitrogen and oxygen atoms in total. The van der Waals surface area contributed by atoms with Crippen LogP contribution in [0.3, 0.4) is 0 Å². The van der Waals surface area contributed by atoms with E-state index in [9.17, 15) is 9.59 Å². The van der Waals surface area contributed by atoms with Crippen molar-refractivity contribution >= 4 is 23.2 Å². The fourth-order valence-electron chi connectivity index (χ4n) is 2.68. The van der Waals surface area contributed by atoms with Crippen molar-refractivity contribution in [2.75, 3.05) is 6.54 Å². The van der Waals surface area contributed by atoms with E-state index in [-0.39, 0.29) is 30.2 Å². The van der Waals surface area contributed by atoms with Crippen molar-refractivity contribution in [1.82, 2.24) is 25.8 Å². The van der Waals surface area contributed by atoms with E-state index in [2.05, 4.69) is 25.8 Å². The summed E-state index contributed by atoms with van der Waals surface area (Å²) in [6, 6.07) is 5.02. The summed E-state index contributed by atoms with van der Waals surface area (Å²) >= 11 is 1.47. The zero-order valence-electron chi connectivity index (χ0n) is 16.3. The summed E-state index contributed by atoms with van der Waals surface area (Å²) in [4.78, 5) is 32.7. The highest BCUT2D eigenvalue weighted by molar-refractivity contribution is 7.08. The summed E-state index contributed by atoms with van der Waals surface area (Å²) in [6.07, 6.45) is 4.15. The molecule has 29 heavy (non-hydrogen) atoms. The average molecular weight is 414 g/mol. The van der Waals surface area contributed by atoms with Crippen LogP contribution in [0.15, 0.2) is 45.9 Å². The number of thiophene rings is 1. The molecule has 0 spiro atoms. The number of rotatable bonds is 9. The van der Waals surface area contributed by atoms with Crippen LogP contribution in [0.1, 0.15) is 49.0 Å². The molecular formula is C20H23N5O3S. The predicted octanol–water partition coefficient (Wildman–Crippen LogP) is 3.22. The number of aromatic nitrogens is 3. The molecule has 0 aliphatic carbocycles. The van der Waals surface area contributed by atoms with E-state index in [1.807, 2.05) is 25.3 Å². The lowest BCUT2D eigenvalue weighted by molar-refractivity contribution is -0.122. The van der Waals surface area contributed by atoms with Crippen molar-refractivity contribution in [1.29, 1.82) is 0 Å². The van der Waals surface area contributed by atoms with Gasteiger partial charge in [0, 0.05) is 41.9 Å². The molecule has 2 N–H and O–H groups in total. The fourth-order valence-corrected chi connectivity index (χ4v) is 3.32. The summed E-state index contributed by atoms with van der Waals surface area (Å²) in [6.45, 7) is 4.38. The van der Waals surface area contributed by atoms with Crippen molar-refractivity contribution in [3.8, 4) is 11.4 Å². The summed E-state index contributed by atoms with van der Waals surface area (Å²) in [5.41, 5.74) is 1.39. The lowest BCUT2D eigenvalue weighted by Crippen LogP contribution is -2.32. The maximum absolute atomic E-state index is 12.4. The van der Waals surface area contributed by atoms with E-state index in [4.69, 9.17) is 4.52 Å². The summed E-state index contributed by atoms with van der Waals surface area (Å²) in [5.74, 6) is 0.608. The van der Waals surface area contributed by atoms with Crippen LogP contribution in [0.4, 0.5) is 0 Å². The van der Waals surface area contributed by atoms with Crippen LogP contribution >= 0.6 is 11.3 Å². The van der Waals surface area contributed by atoms with Crippen LogP contribution in [-0.2, 0) is 4.79 Å². The molecule has 0 aliphatic heterocycles. The van der Waals surface area contributed by atoms with Gasteiger partial charge in [0.2, 0.25) is 17.6 Å². The third kappa shape index (κ3) is 5.71. The van der Waals surface area contributed by atoms with Crippen LogP contribution in [0, 0.1) is 5.92 Å². The Morgan fingerprint density at radius 1 is 1.28 bits per heavy atom. The lowest BCUT2D eigenvalue weighted by atomic mass is 10.0. The number of carbonyl (C=O) groups excluding carboxylic acids is 2. The monoisotopic (exact) mass is 413 g/mol. The van der Waals surface area contributed by atoms with E-state index >= 15 is 0 Å². The molecule has 1 atom stereocenters. The van der Waals surface area contributed by atoms with Crippen LogP contribution in [-0.4, -0.2) is 33.5 Å². The van der Waals surface area contributed by atoms with Crippen molar-refractivity contribution in [3.63, 3.8) is 0 Å². The van der Waals surface area contributed by atoms with Crippen molar-refractivity contribution in [3.05, 3.63) is 52.8 Å². The average Bonchev–Trinajstić information content (AvgIpc) is 3.42. The van der Waals surface area contributed by atoms with Gasteiger partial charge in [-0.15, -0.1) is 0 Å². The zero-order chi connectivity index (χ0) is 20.6. The maximum Gasteiger partial charge on any atom is 0.252 e. The Morgan fingerprint density at radius 2 is 2.14 bits per heavy atom. The van der Waals surface area contributed by atoms with Gasteiger partial charge in [-0.05, 0) is 35.9 Å². The fraction of sp³-hybridized carbons (Fsp3) is 0.350. The standard InChI is InChI=1S/C20H23N5O3S/c1-13(2)17(20-24-18(25-28-20)14-5-3-8-21-11-14)23-16(26)6-4-9-22-19(27)15-7-10-29-12-15/h3,5,7-8,10-13,17H,4,6,9H2,1-2H3,(H,22,27)(H,23,26). The highest BCUT2D eigenvalue weighted by Crippen LogP contribution is 2.23. The molecule has 3 aromatic heterocycles. The molecule has 0 aromatic carbocycles. The summed E-state index contributed by atoms with van der Waals surface area (Å²) in [7, 11) is 0. The normalized spacial score (nSPS) is 12.0. The maximum atomic E-state index is 12.4. The summed E-state index contributed by atoms with van der Waals surface area (Å²) in [5, 5.41) is 13.4. The molecule has 3 rings (SSSR count). The Bertz CT molecular complexity index is 925. The Morgan fingerprint density at radius 3 is 2.83 bits per heavy atom. The molecule has 0 saturated carbocycles. The van der Waals surface area contributed by atoms with Crippen molar-refractivity contribution in [2.45, 2.75) is 32.7 Å². The second-order valence-electron chi connectivity index (χ2n) is 6.86. The Labute approximate surface area is 172 Å². The lowest BCUT2D eigenvalue weighted by Gasteiger charge is -2.18. The minimum atomic E-state index is -0.388. The van der Waals surface area contributed by atoms with E-state index in [1.165, 1.54) is 11.3 Å². The highest BCUT2D eigenvalue weighted by atomic mass is 32.1. The predicted molar refractivity (Wildman–Crippen MR) is 109 cm³/mol. The van der Waals surface area contributed by atoms with Gasteiger partial charge in [0.1, 0.15) is 6.04 Å². The number of pyridine rings is 1. The molecule has 9 heteroatoms. The van der Waals surface area contributed by atoms with E-state index in [1.54, 1.807) is 29.9 Å². The minimum absolute atomic E-state index is 0.0689. The van der Waals surface area contributed by atoms with E-state index < -0.39 is 0 Å². The van der Waals surface area contributed by atoms with Gasteiger partial charge in [-0.3, -0.25) is 14.6 Å². The van der Waals surface area contributed by atoms with Crippen LogP contribution in [0.2, 0.25) is 0 Å². The number of hydrogen-bond acceptors (Lipinski definition) is 7. The van der Waals surface area contributed by atoms with Crippen molar-refractivity contribution < 1.29 is 14.1 Å². The van der Waals surface area contributed by atoms with Crippen molar-refractivity contribution in [2.24, 2.45) is 5.92 Å². The smallest absolute Gasteiger partial charge is 0.252 e. The Kier molecular flexibility index (Phi) is 7.07. The first-order chi connectivity index (χ1) is 14.0. The van der Waals surface area contributed by atoms with Crippen LogP contribution in [0.5, 0.6) is 0 Å². The summed E-state index contributed by atoms with van der Waals surface area (Å²) < 4.78 is 5.38. The van der Waals surface area contributed by atoms with Gasteiger partial charge < -0.3 is 15.2 Å². The van der Waals surface area contributed by atoms with Crippen LogP contribution < -0.4 is 10.6 Å². The molecule has 0 fully saturated rings. The second-order valence-corrected chi connectivity index (χ2v) is 7.64. The largest absolute Gasteiger partial charge is 0.352 e. The van der Waals surface area contributed by atoms with E-state index in [0.29, 0.717) is 30.2 Å². The molecule has 0 bridgehead atoms. The number of amides is 2. The van der Waals surface area contributed by atoms with Crippen LogP contribution in [0.25, 0.3) is 11.4 Å². The molecule has 152 valence electrons. The molecular weight excluding hydrogens is 390 g/mol. The molecule has 0 saturated heterocycles. The van der Waals surface area contributed by atoms with Gasteiger partial charge in [0.05, 0.1) is 0 Å². The third-order valence-corrected chi connectivity index (χ3v) is 4.94. The topological polar surface area (TPSA) is 110 Å². The number of hydrogen-bond donors (Lipinski definition) is 2. The van der Waals surface area contributed by atoms with E-state index in [0.717, 1.165) is 5.56 Å². The quantitative estimate of drug-likeness (QED) is 0.521. The van der Waals surface area contributed by atoms with Gasteiger partial charge in [0.15, 0.2) is 0 Å². The second kappa shape index (κ2) is 9.92. The first kappa shape index (κ1) is 20.7. The zero-order valence-corrected chi connectivity index (χ0v) is 17.1. The molecule has 0 radical (unpaired) electrons. The SMILES string of the molecule is CC(C)C(NC(=O)CCCNC(=O)c1ccsc1)c1nc(-c2cccnc2)no1. The Balaban J connectivity index is 1.50. The molecule has 2 amide bonds. The number of nitrogens with zero attached hydrogens (tertiary/aromatic N) is 3. The molecule has 1 unspecified atom stereocenters. The molecule has 3 aromatic rings. The minimum Gasteiger partial charge on any atom is -0.352 e. The van der Waals surface area contributed by atoms with Gasteiger partial charge in [-0.25, -0.2) is 0 Å². The Hall–Kier alpha value is -3.07. The highest BCUT2D eigenvalue weighted by Gasteiger charge is 2.24. The van der Waals surface area contributed by atoms with Gasteiger partial charge in [-0.1, -0.05) is 19.0 Å². The van der Waals surface area contributed by atoms with Gasteiger partial charge >= 0.3 is 0 Å². The van der Waals surface area contributed by atoms with Gasteiger partial charge in [-0.2, -0.15) is 16.3 Å². The van der Waals surface area contributed by atoms with Gasteiger partial charge in [0.25, 0.3) is 5.91 Å².